The Labute approximate surface area is 117 Å². The summed E-state index contributed by atoms with van der Waals surface area (Å²) in [7, 11) is 0. The fourth-order valence-corrected chi connectivity index (χ4v) is 2.35. The predicted molar refractivity (Wildman–Crippen MR) is 76.4 cm³/mol. The van der Waals surface area contributed by atoms with Gasteiger partial charge in [-0.15, -0.1) is 11.8 Å². The molecule has 1 aliphatic carbocycles. The molecule has 2 rings (SSSR count). The summed E-state index contributed by atoms with van der Waals surface area (Å²) in [5.74, 6) is 1.02. The molecule has 5 heteroatoms. The van der Waals surface area contributed by atoms with Gasteiger partial charge in [0.05, 0.1) is 5.75 Å². The summed E-state index contributed by atoms with van der Waals surface area (Å²) in [6, 6.07) is 8.25. The van der Waals surface area contributed by atoms with Crippen LogP contribution >= 0.6 is 11.8 Å². The van der Waals surface area contributed by atoms with E-state index < -0.39 is 0 Å². The third-order valence-corrected chi connectivity index (χ3v) is 3.90. The maximum atomic E-state index is 11.5. The highest BCUT2D eigenvalue weighted by Gasteiger charge is 2.29. The maximum Gasteiger partial charge on any atom is 0.248 e. The van der Waals surface area contributed by atoms with Crippen molar-refractivity contribution in [3.63, 3.8) is 0 Å². The highest BCUT2D eigenvalue weighted by atomic mass is 32.2. The first kappa shape index (κ1) is 13.9. The van der Waals surface area contributed by atoms with Gasteiger partial charge in [-0.3, -0.25) is 20.4 Å². The number of hydrogen-bond donors (Lipinski definition) is 2. The molecule has 1 saturated carbocycles. The molecule has 1 aliphatic rings. The van der Waals surface area contributed by atoms with Crippen molar-refractivity contribution >= 4 is 23.6 Å². The largest absolute Gasteiger partial charge is 0.273 e. The van der Waals surface area contributed by atoms with Crippen molar-refractivity contribution in [2.45, 2.75) is 25.5 Å². The molecule has 0 bridgehead atoms. The molecule has 102 valence electrons. The third kappa shape index (κ3) is 4.95. The first-order chi connectivity index (χ1) is 9.15. The van der Waals surface area contributed by atoms with Crippen molar-refractivity contribution in [1.82, 2.24) is 10.9 Å². The topological polar surface area (TPSA) is 58.2 Å². The molecule has 2 amide bonds. The van der Waals surface area contributed by atoms with Crippen LogP contribution in [0.2, 0.25) is 0 Å². The Morgan fingerprint density at radius 3 is 2.53 bits per heavy atom. The van der Waals surface area contributed by atoms with Gasteiger partial charge >= 0.3 is 0 Å². The fraction of sp³-hybridized carbons (Fsp3) is 0.429. The van der Waals surface area contributed by atoms with E-state index in [1.54, 1.807) is 0 Å². The zero-order chi connectivity index (χ0) is 13.7. The van der Waals surface area contributed by atoms with Gasteiger partial charge in [0.2, 0.25) is 11.8 Å². The SMILES string of the molecule is Cc1ccc(CSCC(=O)NNC(=O)C2CC2)cc1. The van der Waals surface area contributed by atoms with Crippen LogP contribution in [0.3, 0.4) is 0 Å². The van der Waals surface area contributed by atoms with Gasteiger partial charge in [-0.05, 0) is 25.3 Å². The number of nitrogens with one attached hydrogen (secondary N) is 2. The highest BCUT2D eigenvalue weighted by Crippen LogP contribution is 2.28. The number of amides is 2. The Morgan fingerprint density at radius 2 is 1.89 bits per heavy atom. The Morgan fingerprint density at radius 1 is 1.21 bits per heavy atom. The molecule has 0 aromatic heterocycles. The van der Waals surface area contributed by atoms with Gasteiger partial charge in [0.25, 0.3) is 0 Å². The van der Waals surface area contributed by atoms with Crippen molar-refractivity contribution in [3.05, 3.63) is 35.4 Å². The van der Waals surface area contributed by atoms with Crippen LogP contribution in [0.5, 0.6) is 0 Å². The van der Waals surface area contributed by atoms with E-state index in [2.05, 4.69) is 35.1 Å². The van der Waals surface area contributed by atoms with E-state index >= 15 is 0 Å². The molecule has 0 unspecified atom stereocenters. The standard InChI is InChI=1S/C14H18N2O2S/c1-10-2-4-11(5-3-10)8-19-9-13(17)15-16-14(18)12-6-7-12/h2-5,12H,6-9H2,1H3,(H,15,17)(H,16,18). The lowest BCUT2D eigenvalue weighted by atomic mass is 10.2. The number of benzene rings is 1. The lowest BCUT2D eigenvalue weighted by molar-refractivity contribution is -0.128. The Kier molecular flexibility index (Phi) is 4.85. The summed E-state index contributed by atoms with van der Waals surface area (Å²) in [5.41, 5.74) is 7.32. The number of rotatable bonds is 5. The van der Waals surface area contributed by atoms with E-state index in [-0.39, 0.29) is 17.7 Å². The number of hydrogen-bond acceptors (Lipinski definition) is 3. The second-order valence-corrected chi connectivity index (χ2v) is 5.78. The zero-order valence-electron chi connectivity index (χ0n) is 10.9. The number of thioether (sulfide) groups is 1. The van der Waals surface area contributed by atoms with Gasteiger partial charge in [0.1, 0.15) is 0 Å². The monoisotopic (exact) mass is 278 g/mol. The average Bonchev–Trinajstić information content (AvgIpc) is 3.23. The average molecular weight is 278 g/mol. The summed E-state index contributed by atoms with van der Waals surface area (Å²) in [6.45, 7) is 2.05. The molecule has 1 aromatic carbocycles. The zero-order valence-corrected chi connectivity index (χ0v) is 11.8. The van der Waals surface area contributed by atoms with Crippen LogP contribution in [0.15, 0.2) is 24.3 Å². The lowest BCUT2D eigenvalue weighted by Crippen LogP contribution is -2.43. The number of hydrazine groups is 1. The quantitative estimate of drug-likeness (QED) is 0.807. The van der Waals surface area contributed by atoms with Crippen LogP contribution in [-0.2, 0) is 15.3 Å². The molecule has 19 heavy (non-hydrogen) atoms. The normalized spacial score (nSPS) is 13.9. The minimum Gasteiger partial charge on any atom is -0.273 e. The van der Waals surface area contributed by atoms with Crippen molar-refractivity contribution in [2.24, 2.45) is 5.92 Å². The van der Waals surface area contributed by atoms with Crippen molar-refractivity contribution < 1.29 is 9.59 Å². The molecule has 1 fully saturated rings. The van der Waals surface area contributed by atoms with E-state index in [0.717, 1.165) is 18.6 Å². The van der Waals surface area contributed by atoms with Gasteiger partial charge in [-0.1, -0.05) is 29.8 Å². The Bertz CT molecular complexity index is 455. The minimum absolute atomic E-state index is 0.0723. The number of carbonyl (C=O) groups excluding carboxylic acids is 2. The molecule has 0 saturated heterocycles. The minimum atomic E-state index is -0.161. The fourth-order valence-electron chi connectivity index (χ4n) is 1.56. The molecule has 4 nitrogen and oxygen atoms in total. The van der Waals surface area contributed by atoms with Gasteiger partial charge in [0, 0.05) is 11.7 Å². The predicted octanol–water partition coefficient (Wildman–Crippen LogP) is 1.79. The lowest BCUT2D eigenvalue weighted by Gasteiger charge is -2.06. The molecule has 1 aromatic rings. The molecule has 0 radical (unpaired) electrons. The third-order valence-electron chi connectivity index (χ3n) is 2.90. The summed E-state index contributed by atoms with van der Waals surface area (Å²) in [4.78, 5) is 22.8. The molecule has 0 aliphatic heterocycles. The van der Waals surface area contributed by atoms with Gasteiger partial charge in [0.15, 0.2) is 0 Å². The van der Waals surface area contributed by atoms with Crippen LogP contribution in [0, 0.1) is 12.8 Å². The molecular weight excluding hydrogens is 260 g/mol. The van der Waals surface area contributed by atoms with Crippen LogP contribution < -0.4 is 10.9 Å². The van der Waals surface area contributed by atoms with Crippen molar-refractivity contribution in [1.29, 1.82) is 0 Å². The van der Waals surface area contributed by atoms with Crippen LogP contribution in [-0.4, -0.2) is 17.6 Å². The molecule has 0 atom stereocenters. The molecule has 0 heterocycles. The first-order valence-electron chi connectivity index (χ1n) is 6.37. The highest BCUT2D eigenvalue weighted by molar-refractivity contribution is 7.99. The number of carbonyl (C=O) groups is 2. The van der Waals surface area contributed by atoms with E-state index in [0.29, 0.717) is 5.75 Å². The van der Waals surface area contributed by atoms with Crippen molar-refractivity contribution in [3.8, 4) is 0 Å². The van der Waals surface area contributed by atoms with Gasteiger partial charge in [-0.2, -0.15) is 0 Å². The van der Waals surface area contributed by atoms with E-state index in [4.69, 9.17) is 0 Å². The van der Waals surface area contributed by atoms with Gasteiger partial charge < -0.3 is 0 Å². The molecule has 0 spiro atoms. The maximum absolute atomic E-state index is 11.5. The number of aryl methyl sites for hydroxylation is 1. The van der Waals surface area contributed by atoms with E-state index in [9.17, 15) is 9.59 Å². The summed E-state index contributed by atoms with van der Waals surface area (Å²) < 4.78 is 0. The summed E-state index contributed by atoms with van der Waals surface area (Å²) >= 11 is 1.53. The van der Waals surface area contributed by atoms with E-state index in [1.165, 1.54) is 22.9 Å². The van der Waals surface area contributed by atoms with Crippen LogP contribution in [0.25, 0.3) is 0 Å². The summed E-state index contributed by atoms with van der Waals surface area (Å²) in [5, 5.41) is 0. The van der Waals surface area contributed by atoms with Crippen LogP contribution in [0.1, 0.15) is 24.0 Å². The van der Waals surface area contributed by atoms with Crippen LogP contribution in [0.4, 0.5) is 0 Å². The molecule has 2 N–H and O–H groups in total. The molecular formula is C14H18N2O2S. The second kappa shape index (κ2) is 6.61. The smallest absolute Gasteiger partial charge is 0.248 e. The van der Waals surface area contributed by atoms with Gasteiger partial charge in [-0.25, -0.2) is 0 Å². The Balaban J connectivity index is 1.60. The van der Waals surface area contributed by atoms with E-state index in [1.807, 2.05) is 6.92 Å². The Hall–Kier alpha value is -1.49. The first-order valence-corrected chi connectivity index (χ1v) is 7.52. The summed E-state index contributed by atoms with van der Waals surface area (Å²) in [6.07, 6.45) is 1.87. The second-order valence-electron chi connectivity index (χ2n) is 4.79. The van der Waals surface area contributed by atoms with Crippen molar-refractivity contribution in [2.75, 3.05) is 5.75 Å².